The Morgan fingerprint density at radius 3 is 2.35 bits per heavy atom. The Labute approximate surface area is 157 Å². The van der Waals surface area contributed by atoms with Crippen molar-refractivity contribution in [1.29, 1.82) is 5.26 Å². The molecule has 2 aromatic carbocycles. The summed E-state index contributed by atoms with van der Waals surface area (Å²) in [4.78, 5) is 5.15. The summed E-state index contributed by atoms with van der Waals surface area (Å²) in [6.45, 7) is 12.5. The van der Waals surface area contributed by atoms with Crippen molar-refractivity contribution in [2.45, 2.75) is 39.3 Å². The lowest BCUT2D eigenvalue weighted by molar-refractivity contribution is 0.140. The molecule has 0 aliphatic carbocycles. The summed E-state index contributed by atoms with van der Waals surface area (Å²) in [6.07, 6.45) is 1.23. The van der Waals surface area contributed by atoms with Gasteiger partial charge in [0, 0.05) is 25.2 Å². The van der Waals surface area contributed by atoms with E-state index in [9.17, 15) is 5.26 Å². The van der Waals surface area contributed by atoms with Crippen LogP contribution < -0.4 is 0 Å². The van der Waals surface area contributed by atoms with E-state index in [4.69, 9.17) is 0 Å². The number of hydrogen-bond acceptors (Lipinski definition) is 3. The first kappa shape index (κ1) is 18.6. The molecule has 3 rings (SSSR count). The fourth-order valence-corrected chi connectivity index (χ4v) is 3.68. The van der Waals surface area contributed by atoms with E-state index in [0.717, 1.165) is 42.9 Å². The number of nitriles is 1. The summed E-state index contributed by atoms with van der Waals surface area (Å²) in [7, 11) is 0. The molecule has 0 atom stereocenters. The lowest BCUT2D eigenvalue weighted by atomic mass is 9.99. The maximum absolute atomic E-state index is 9.30. The molecule has 0 unspecified atom stereocenters. The molecule has 0 N–H and O–H groups in total. The molecule has 1 aliphatic heterocycles. The van der Waals surface area contributed by atoms with E-state index in [1.807, 2.05) is 24.3 Å². The Morgan fingerprint density at radius 2 is 1.65 bits per heavy atom. The van der Waals surface area contributed by atoms with Gasteiger partial charge in [-0.3, -0.25) is 9.80 Å². The Kier molecular flexibility index (Phi) is 5.76. The molecule has 26 heavy (non-hydrogen) atoms. The maximum Gasteiger partial charge on any atom is 0.0998 e. The van der Waals surface area contributed by atoms with E-state index < -0.39 is 0 Å². The maximum atomic E-state index is 9.30. The van der Waals surface area contributed by atoms with Crippen molar-refractivity contribution in [2.75, 3.05) is 26.2 Å². The van der Waals surface area contributed by atoms with Gasteiger partial charge < -0.3 is 0 Å². The summed E-state index contributed by atoms with van der Waals surface area (Å²) in [5.74, 6) is 0. The van der Waals surface area contributed by atoms with Crippen LogP contribution in [0.1, 0.15) is 38.3 Å². The molecule has 0 saturated carbocycles. The zero-order chi connectivity index (χ0) is 18.6. The van der Waals surface area contributed by atoms with Crippen molar-refractivity contribution in [3.8, 4) is 17.2 Å². The topological polar surface area (TPSA) is 30.3 Å². The normalized spacial score (nSPS) is 16.8. The van der Waals surface area contributed by atoms with Gasteiger partial charge in [-0.05, 0) is 63.0 Å². The van der Waals surface area contributed by atoms with Crippen LogP contribution in [0.5, 0.6) is 0 Å². The van der Waals surface area contributed by atoms with Crippen molar-refractivity contribution < 1.29 is 0 Å². The summed E-state index contributed by atoms with van der Waals surface area (Å²) in [6, 6.07) is 18.8. The molecule has 136 valence electrons. The van der Waals surface area contributed by atoms with Crippen LogP contribution in [-0.4, -0.2) is 41.5 Å². The highest BCUT2D eigenvalue weighted by atomic mass is 15.2. The number of benzene rings is 2. The van der Waals surface area contributed by atoms with E-state index in [0.29, 0.717) is 0 Å². The molecule has 1 aliphatic rings. The minimum absolute atomic E-state index is 0.256. The van der Waals surface area contributed by atoms with Crippen molar-refractivity contribution in [3.63, 3.8) is 0 Å². The van der Waals surface area contributed by atoms with Crippen LogP contribution in [0.25, 0.3) is 11.1 Å². The van der Waals surface area contributed by atoms with Crippen molar-refractivity contribution in [2.24, 2.45) is 0 Å². The van der Waals surface area contributed by atoms with Gasteiger partial charge in [-0.1, -0.05) is 42.5 Å². The van der Waals surface area contributed by atoms with Gasteiger partial charge in [0.2, 0.25) is 0 Å². The molecule has 0 bridgehead atoms. The fourth-order valence-electron chi connectivity index (χ4n) is 3.68. The number of nitrogens with zero attached hydrogens (tertiary/aromatic N) is 3. The average molecular weight is 348 g/mol. The SMILES string of the molecule is CC(C)(C)N1CCCN(Cc2ccc(-c3ccccc3C#N)cc2)CC1. The minimum atomic E-state index is 0.256. The standard InChI is InChI=1S/C23H29N3/c1-23(2,3)26-14-6-13-25(15-16-26)18-19-9-11-20(12-10-19)22-8-5-4-7-21(22)17-24/h4-5,7-12H,6,13-16,18H2,1-3H3. The van der Waals surface area contributed by atoms with Crippen LogP contribution in [0.15, 0.2) is 48.5 Å². The summed E-state index contributed by atoms with van der Waals surface area (Å²) < 4.78 is 0. The quantitative estimate of drug-likeness (QED) is 0.817. The third-order valence-electron chi connectivity index (χ3n) is 5.26. The monoisotopic (exact) mass is 347 g/mol. The van der Waals surface area contributed by atoms with Gasteiger partial charge in [-0.25, -0.2) is 0 Å². The lowest BCUT2D eigenvalue weighted by Gasteiger charge is -2.34. The molecule has 0 aromatic heterocycles. The molecule has 1 fully saturated rings. The highest BCUT2D eigenvalue weighted by Gasteiger charge is 2.23. The first-order valence-corrected chi connectivity index (χ1v) is 9.53. The van der Waals surface area contributed by atoms with E-state index in [2.05, 4.69) is 60.9 Å². The molecule has 0 radical (unpaired) electrons. The molecular formula is C23H29N3. The molecule has 1 heterocycles. The van der Waals surface area contributed by atoms with Crippen LogP contribution in [-0.2, 0) is 6.54 Å². The Balaban J connectivity index is 1.66. The second-order valence-corrected chi connectivity index (χ2v) is 8.14. The smallest absolute Gasteiger partial charge is 0.0998 e. The zero-order valence-corrected chi connectivity index (χ0v) is 16.2. The van der Waals surface area contributed by atoms with Gasteiger partial charge in [-0.15, -0.1) is 0 Å². The molecule has 0 amide bonds. The van der Waals surface area contributed by atoms with Crippen LogP contribution >= 0.6 is 0 Å². The zero-order valence-electron chi connectivity index (χ0n) is 16.2. The molecule has 1 saturated heterocycles. The summed E-state index contributed by atoms with van der Waals surface area (Å²) >= 11 is 0. The van der Waals surface area contributed by atoms with Gasteiger partial charge in [0.05, 0.1) is 11.6 Å². The Morgan fingerprint density at radius 1 is 0.923 bits per heavy atom. The van der Waals surface area contributed by atoms with Crippen LogP contribution in [0.2, 0.25) is 0 Å². The Bertz CT molecular complexity index is 765. The van der Waals surface area contributed by atoms with Gasteiger partial charge in [0.15, 0.2) is 0 Å². The lowest BCUT2D eigenvalue weighted by Crippen LogP contribution is -2.43. The molecular weight excluding hydrogens is 318 g/mol. The number of rotatable bonds is 3. The summed E-state index contributed by atoms with van der Waals surface area (Å²) in [5.41, 5.74) is 4.45. The highest BCUT2D eigenvalue weighted by molar-refractivity contribution is 5.70. The van der Waals surface area contributed by atoms with Gasteiger partial charge in [-0.2, -0.15) is 5.26 Å². The first-order valence-electron chi connectivity index (χ1n) is 9.53. The third kappa shape index (κ3) is 4.52. The van der Waals surface area contributed by atoms with E-state index in [1.165, 1.54) is 18.5 Å². The Hall–Kier alpha value is -2.15. The van der Waals surface area contributed by atoms with Gasteiger partial charge in [0.25, 0.3) is 0 Å². The first-order chi connectivity index (χ1) is 12.5. The van der Waals surface area contributed by atoms with E-state index in [1.54, 1.807) is 0 Å². The second kappa shape index (κ2) is 8.03. The minimum Gasteiger partial charge on any atom is -0.298 e. The highest BCUT2D eigenvalue weighted by Crippen LogP contribution is 2.24. The molecule has 3 nitrogen and oxygen atoms in total. The second-order valence-electron chi connectivity index (χ2n) is 8.14. The molecule has 0 spiro atoms. The predicted octanol–water partition coefficient (Wildman–Crippen LogP) is 4.53. The van der Waals surface area contributed by atoms with E-state index in [-0.39, 0.29) is 5.54 Å². The van der Waals surface area contributed by atoms with Crippen molar-refractivity contribution >= 4 is 0 Å². The van der Waals surface area contributed by atoms with Crippen LogP contribution in [0.4, 0.5) is 0 Å². The number of hydrogen-bond donors (Lipinski definition) is 0. The fraction of sp³-hybridized carbons (Fsp3) is 0.435. The van der Waals surface area contributed by atoms with Gasteiger partial charge in [0.1, 0.15) is 0 Å². The molecule has 3 heteroatoms. The third-order valence-corrected chi connectivity index (χ3v) is 5.26. The average Bonchev–Trinajstić information content (AvgIpc) is 2.88. The predicted molar refractivity (Wildman–Crippen MR) is 108 cm³/mol. The van der Waals surface area contributed by atoms with E-state index >= 15 is 0 Å². The summed E-state index contributed by atoms with van der Waals surface area (Å²) in [5, 5.41) is 9.30. The molecule has 2 aromatic rings. The van der Waals surface area contributed by atoms with Gasteiger partial charge >= 0.3 is 0 Å². The van der Waals surface area contributed by atoms with Crippen molar-refractivity contribution in [3.05, 3.63) is 59.7 Å². The van der Waals surface area contributed by atoms with Crippen molar-refractivity contribution in [1.82, 2.24) is 9.80 Å². The van der Waals surface area contributed by atoms with Crippen LogP contribution in [0.3, 0.4) is 0 Å². The largest absolute Gasteiger partial charge is 0.298 e. The van der Waals surface area contributed by atoms with Crippen LogP contribution in [0, 0.1) is 11.3 Å².